The number of nitrogens with one attached hydrogen (secondary N) is 1. The topological polar surface area (TPSA) is 73.1 Å². The van der Waals surface area contributed by atoms with Gasteiger partial charge in [0.15, 0.2) is 0 Å². The molecule has 0 spiro atoms. The molecular formula is C10H11FN4OS. The van der Waals surface area contributed by atoms with Gasteiger partial charge in [-0.1, -0.05) is 6.07 Å². The highest BCUT2D eigenvalue weighted by molar-refractivity contribution is 6.99. The van der Waals surface area contributed by atoms with Crippen molar-refractivity contribution in [3.63, 3.8) is 0 Å². The summed E-state index contributed by atoms with van der Waals surface area (Å²) in [6, 6.07) is 4.07. The van der Waals surface area contributed by atoms with Gasteiger partial charge < -0.3 is 4.74 Å². The molecule has 17 heavy (non-hydrogen) atoms. The quantitative estimate of drug-likeness (QED) is 0.634. The Morgan fingerprint density at radius 3 is 2.88 bits per heavy atom. The molecule has 1 unspecified atom stereocenters. The van der Waals surface area contributed by atoms with E-state index in [9.17, 15) is 4.39 Å². The van der Waals surface area contributed by atoms with Crippen LogP contribution in [0, 0.1) is 5.82 Å². The van der Waals surface area contributed by atoms with Crippen LogP contribution in [0.4, 0.5) is 4.39 Å². The molecule has 1 aromatic carbocycles. The first kappa shape index (κ1) is 11.9. The van der Waals surface area contributed by atoms with Gasteiger partial charge in [-0.05, 0) is 6.07 Å². The fourth-order valence-electron chi connectivity index (χ4n) is 1.50. The number of hydrogen-bond donors (Lipinski definition) is 2. The molecule has 2 rings (SSSR count). The molecule has 3 N–H and O–H groups in total. The Kier molecular flexibility index (Phi) is 3.62. The van der Waals surface area contributed by atoms with Crippen LogP contribution in [0.5, 0.6) is 5.75 Å². The van der Waals surface area contributed by atoms with Crippen LogP contribution in [0.2, 0.25) is 0 Å². The molecule has 1 atom stereocenters. The summed E-state index contributed by atoms with van der Waals surface area (Å²) in [7, 11) is 1.48. The second kappa shape index (κ2) is 5.17. The minimum absolute atomic E-state index is 0.403. The third kappa shape index (κ3) is 2.41. The fraction of sp³-hybridized carbons (Fsp3) is 0.200. The Labute approximate surface area is 102 Å². The molecule has 2 aromatic rings. The first-order valence-electron chi connectivity index (χ1n) is 4.83. The first-order chi connectivity index (χ1) is 8.26. The standard InChI is InChI=1S/C10H11FN4OS/c1-16-6-2-3-7(8(11)4-6)10(14-12)9-5-13-17-15-9/h2-5,10,14H,12H2,1H3. The molecule has 0 aliphatic rings. The van der Waals surface area contributed by atoms with Crippen LogP contribution in [0.25, 0.3) is 0 Å². The van der Waals surface area contributed by atoms with Crippen LogP contribution in [0.3, 0.4) is 0 Å². The molecule has 7 heteroatoms. The summed E-state index contributed by atoms with van der Waals surface area (Å²) < 4.78 is 26.7. The number of halogens is 1. The number of aromatic nitrogens is 2. The summed E-state index contributed by atoms with van der Waals surface area (Å²) in [5.74, 6) is 5.48. The van der Waals surface area contributed by atoms with Gasteiger partial charge in [0.2, 0.25) is 0 Å². The molecule has 0 aliphatic carbocycles. The lowest BCUT2D eigenvalue weighted by atomic mass is 10.0. The van der Waals surface area contributed by atoms with Crippen molar-refractivity contribution >= 4 is 11.7 Å². The second-order valence-corrected chi connectivity index (χ2v) is 3.88. The van der Waals surface area contributed by atoms with Crippen LogP contribution in [0.1, 0.15) is 17.3 Å². The monoisotopic (exact) mass is 254 g/mol. The molecule has 0 radical (unpaired) electrons. The third-order valence-corrected chi connectivity index (χ3v) is 2.85. The molecule has 0 saturated carbocycles. The number of benzene rings is 1. The lowest BCUT2D eigenvalue weighted by Gasteiger charge is -2.14. The number of hydrogen-bond acceptors (Lipinski definition) is 6. The van der Waals surface area contributed by atoms with E-state index in [0.717, 1.165) is 11.7 Å². The molecule has 1 aromatic heterocycles. The maximum Gasteiger partial charge on any atom is 0.132 e. The highest BCUT2D eigenvalue weighted by Gasteiger charge is 2.19. The van der Waals surface area contributed by atoms with E-state index in [-0.39, 0.29) is 0 Å². The number of ether oxygens (including phenoxy) is 1. The lowest BCUT2D eigenvalue weighted by molar-refractivity contribution is 0.410. The molecule has 0 fully saturated rings. The Hall–Kier alpha value is -1.57. The second-order valence-electron chi connectivity index (χ2n) is 3.32. The zero-order chi connectivity index (χ0) is 12.3. The van der Waals surface area contributed by atoms with Crippen LogP contribution >= 0.6 is 11.7 Å². The van der Waals surface area contributed by atoms with Crippen molar-refractivity contribution in [1.82, 2.24) is 14.2 Å². The number of nitrogens with zero attached hydrogens (tertiary/aromatic N) is 2. The van der Waals surface area contributed by atoms with Gasteiger partial charge in [0, 0.05) is 11.6 Å². The van der Waals surface area contributed by atoms with Gasteiger partial charge in [-0.25, -0.2) is 9.82 Å². The van der Waals surface area contributed by atoms with E-state index in [1.54, 1.807) is 18.3 Å². The van der Waals surface area contributed by atoms with Crippen molar-refractivity contribution in [3.8, 4) is 5.75 Å². The largest absolute Gasteiger partial charge is 0.497 e. The molecule has 0 bridgehead atoms. The van der Waals surface area contributed by atoms with Crippen LogP contribution < -0.4 is 16.0 Å². The number of rotatable bonds is 4. The van der Waals surface area contributed by atoms with E-state index < -0.39 is 11.9 Å². The number of methoxy groups -OCH3 is 1. The minimum atomic E-state index is -0.514. The molecule has 1 heterocycles. The Morgan fingerprint density at radius 2 is 2.35 bits per heavy atom. The van der Waals surface area contributed by atoms with Crippen molar-refractivity contribution in [1.29, 1.82) is 0 Å². The fourth-order valence-corrected chi connectivity index (χ4v) is 1.95. The lowest BCUT2D eigenvalue weighted by Crippen LogP contribution is -2.29. The smallest absolute Gasteiger partial charge is 0.132 e. The maximum atomic E-state index is 13.8. The van der Waals surface area contributed by atoms with Crippen molar-refractivity contribution in [3.05, 3.63) is 41.5 Å². The Bertz CT molecular complexity index is 491. The highest BCUT2D eigenvalue weighted by Crippen LogP contribution is 2.25. The normalized spacial score (nSPS) is 12.4. The van der Waals surface area contributed by atoms with Crippen LogP contribution in [-0.2, 0) is 0 Å². The van der Waals surface area contributed by atoms with Crippen LogP contribution in [0.15, 0.2) is 24.4 Å². The molecule has 0 aliphatic heterocycles. The van der Waals surface area contributed by atoms with E-state index >= 15 is 0 Å². The molecule has 5 nitrogen and oxygen atoms in total. The van der Waals surface area contributed by atoms with E-state index in [1.165, 1.54) is 13.2 Å². The van der Waals surface area contributed by atoms with E-state index in [0.29, 0.717) is 17.0 Å². The van der Waals surface area contributed by atoms with E-state index in [4.69, 9.17) is 10.6 Å². The van der Waals surface area contributed by atoms with Crippen molar-refractivity contribution in [2.75, 3.05) is 7.11 Å². The van der Waals surface area contributed by atoms with Gasteiger partial charge in [-0.2, -0.15) is 8.75 Å². The van der Waals surface area contributed by atoms with Crippen molar-refractivity contribution in [2.45, 2.75) is 6.04 Å². The summed E-state index contributed by atoms with van der Waals surface area (Å²) in [6.45, 7) is 0. The Morgan fingerprint density at radius 1 is 1.53 bits per heavy atom. The van der Waals surface area contributed by atoms with Crippen LogP contribution in [-0.4, -0.2) is 15.9 Å². The highest BCUT2D eigenvalue weighted by atomic mass is 32.1. The number of nitrogens with two attached hydrogens (primary N) is 1. The van der Waals surface area contributed by atoms with E-state index in [1.807, 2.05) is 0 Å². The van der Waals surface area contributed by atoms with Gasteiger partial charge in [0.1, 0.15) is 11.6 Å². The van der Waals surface area contributed by atoms with Gasteiger partial charge in [0.25, 0.3) is 0 Å². The Balaban J connectivity index is 2.38. The summed E-state index contributed by atoms with van der Waals surface area (Å²) in [5.41, 5.74) is 3.51. The molecule has 0 amide bonds. The van der Waals surface area contributed by atoms with Gasteiger partial charge >= 0.3 is 0 Å². The van der Waals surface area contributed by atoms with Gasteiger partial charge in [-0.3, -0.25) is 5.84 Å². The predicted molar refractivity (Wildman–Crippen MR) is 62.0 cm³/mol. The maximum absolute atomic E-state index is 13.8. The summed E-state index contributed by atoms with van der Waals surface area (Å²) in [5, 5.41) is 0. The zero-order valence-electron chi connectivity index (χ0n) is 9.05. The predicted octanol–water partition coefficient (Wildman–Crippen LogP) is 1.24. The molecule has 0 saturated heterocycles. The van der Waals surface area contributed by atoms with E-state index in [2.05, 4.69) is 14.2 Å². The summed E-state index contributed by atoms with van der Waals surface area (Å²) in [6.07, 6.45) is 1.55. The van der Waals surface area contributed by atoms with Gasteiger partial charge in [0.05, 0.1) is 36.8 Å². The SMILES string of the molecule is COc1ccc(C(NN)c2cnsn2)c(F)c1. The minimum Gasteiger partial charge on any atom is -0.497 e. The summed E-state index contributed by atoms with van der Waals surface area (Å²) >= 11 is 1.05. The zero-order valence-corrected chi connectivity index (χ0v) is 9.87. The van der Waals surface area contributed by atoms with Gasteiger partial charge in [-0.15, -0.1) is 0 Å². The molecule has 90 valence electrons. The van der Waals surface area contributed by atoms with Crippen molar-refractivity contribution < 1.29 is 9.13 Å². The van der Waals surface area contributed by atoms with Crippen molar-refractivity contribution in [2.24, 2.45) is 5.84 Å². The average Bonchev–Trinajstić information content (AvgIpc) is 2.85. The average molecular weight is 254 g/mol. The summed E-state index contributed by atoms with van der Waals surface area (Å²) in [4.78, 5) is 0. The number of hydrazine groups is 1. The first-order valence-corrected chi connectivity index (χ1v) is 5.56. The third-order valence-electron chi connectivity index (χ3n) is 2.36. The molecular weight excluding hydrogens is 243 g/mol.